The van der Waals surface area contributed by atoms with Gasteiger partial charge in [-0.2, -0.15) is 0 Å². The van der Waals surface area contributed by atoms with Crippen LogP contribution < -0.4 is 5.32 Å². The van der Waals surface area contributed by atoms with Crippen molar-refractivity contribution >= 4 is 28.5 Å². The smallest absolute Gasteiger partial charge is 0.338 e. The maximum Gasteiger partial charge on any atom is 0.338 e. The summed E-state index contributed by atoms with van der Waals surface area (Å²) in [4.78, 5) is 24.2. The van der Waals surface area contributed by atoms with Crippen molar-refractivity contribution in [2.45, 2.75) is 13.8 Å². The normalized spacial score (nSPS) is 10.7. The van der Waals surface area contributed by atoms with Crippen molar-refractivity contribution in [2.24, 2.45) is 0 Å². The van der Waals surface area contributed by atoms with Crippen LogP contribution in [0.2, 0.25) is 0 Å². The Kier molecular flexibility index (Phi) is 4.52. The number of amides is 1. The zero-order valence-electron chi connectivity index (χ0n) is 13.8. The number of esters is 1. The lowest BCUT2D eigenvalue weighted by molar-refractivity contribution is 0.0526. The third kappa shape index (κ3) is 3.38. The summed E-state index contributed by atoms with van der Waals surface area (Å²) < 4.78 is 23.8. The largest absolute Gasteiger partial charge is 0.462 e. The fraction of sp³-hybridized carbons (Fsp3) is 0.158. The van der Waals surface area contributed by atoms with E-state index in [4.69, 9.17) is 9.15 Å². The first-order valence-electron chi connectivity index (χ1n) is 7.76. The van der Waals surface area contributed by atoms with Crippen molar-refractivity contribution in [3.8, 4) is 0 Å². The highest BCUT2D eigenvalue weighted by molar-refractivity contribution is 6.06. The first-order valence-corrected chi connectivity index (χ1v) is 7.76. The van der Waals surface area contributed by atoms with Gasteiger partial charge in [0.25, 0.3) is 5.91 Å². The van der Waals surface area contributed by atoms with Gasteiger partial charge in [0.2, 0.25) is 0 Å². The average Bonchev–Trinajstić information content (AvgIpc) is 2.92. The summed E-state index contributed by atoms with van der Waals surface area (Å²) in [7, 11) is 0. The highest BCUT2D eigenvalue weighted by Gasteiger charge is 2.18. The van der Waals surface area contributed by atoms with Gasteiger partial charge >= 0.3 is 5.97 Å². The number of furan rings is 1. The molecule has 0 radical (unpaired) electrons. The van der Waals surface area contributed by atoms with Gasteiger partial charge in [-0.05, 0) is 50.2 Å². The average molecular weight is 341 g/mol. The molecule has 0 aliphatic heterocycles. The van der Waals surface area contributed by atoms with E-state index in [9.17, 15) is 14.0 Å². The molecule has 3 aromatic rings. The molecule has 2 aromatic carbocycles. The van der Waals surface area contributed by atoms with Gasteiger partial charge in [-0.15, -0.1) is 0 Å². The van der Waals surface area contributed by atoms with Crippen LogP contribution in [-0.4, -0.2) is 18.5 Å². The van der Waals surface area contributed by atoms with Gasteiger partial charge in [-0.25, -0.2) is 9.18 Å². The highest BCUT2D eigenvalue weighted by atomic mass is 19.1. The Hall–Kier alpha value is -3.15. The molecule has 0 aliphatic carbocycles. The van der Waals surface area contributed by atoms with E-state index in [1.54, 1.807) is 32.0 Å². The van der Waals surface area contributed by atoms with Crippen molar-refractivity contribution < 1.29 is 23.1 Å². The number of aryl methyl sites for hydroxylation is 1. The highest BCUT2D eigenvalue weighted by Crippen LogP contribution is 2.26. The third-order valence-electron chi connectivity index (χ3n) is 3.74. The molecular formula is C19H16FNO4. The first-order chi connectivity index (χ1) is 12.0. The van der Waals surface area contributed by atoms with Gasteiger partial charge in [-0.3, -0.25) is 4.79 Å². The second-order valence-electron chi connectivity index (χ2n) is 5.45. The molecule has 1 amide bonds. The number of carbonyl (C=O) groups excluding carboxylic acids is 2. The second-order valence-corrected chi connectivity index (χ2v) is 5.45. The number of fused-ring (bicyclic) bond motifs is 1. The summed E-state index contributed by atoms with van der Waals surface area (Å²) in [6, 6.07) is 10.5. The van der Waals surface area contributed by atoms with Crippen molar-refractivity contribution in [3.63, 3.8) is 0 Å². The number of halogens is 1. The minimum Gasteiger partial charge on any atom is -0.462 e. The Morgan fingerprint density at radius 2 is 2.00 bits per heavy atom. The lowest BCUT2D eigenvalue weighted by Gasteiger charge is -2.06. The molecule has 0 saturated carbocycles. The molecular weight excluding hydrogens is 325 g/mol. The molecule has 1 heterocycles. The molecule has 0 fully saturated rings. The zero-order valence-corrected chi connectivity index (χ0v) is 13.8. The summed E-state index contributed by atoms with van der Waals surface area (Å²) in [5.41, 5.74) is 1.75. The van der Waals surface area contributed by atoms with Gasteiger partial charge < -0.3 is 14.5 Å². The lowest BCUT2D eigenvalue weighted by Crippen LogP contribution is -2.13. The predicted octanol–water partition coefficient (Wildman–Crippen LogP) is 4.31. The number of nitrogens with one attached hydrogen (secondary N) is 1. The molecule has 1 aromatic heterocycles. The number of anilines is 1. The van der Waals surface area contributed by atoms with Crippen LogP contribution in [0.15, 0.2) is 46.9 Å². The van der Waals surface area contributed by atoms with Crippen LogP contribution in [0.1, 0.15) is 33.4 Å². The van der Waals surface area contributed by atoms with E-state index in [0.717, 1.165) is 0 Å². The summed E-state index contributed by atoms with van der Waals surface area (Å²) in [5, 5.41) is 3.22. The van der Waals surface area contributed by atoms with Crippen molar-refractivity contribution in [1.29, 1.82) is 0 Å². The van der Waals surface area contributed by atoms with E-state index in [1.165, 1.54) is 24.3 Å². The van der Waals surface area contributed by atoms with E-state index in [0.29, 0.717) is 27.8 Å². The maximum absolute atomic E-state index is 13.4. The number of benzene rings is 2. The molecule has 1 N–H and O–H groups in total. The maximum atomic E-state index is 13.4. The van der Waals surface area contributed by atoms with Gasteiger partial charge in [0, 0.05) is 16.6 Å². The Bertz CT molecular complexity index is 961. The van der Waals surface area contributed by atoms with E-state index in [-0.39, 0.29) is 12.4 Å². The van der Waals surface area contributed by atoms with Crippen LogP contribution in [0.25, 0.3) is 11.0 Å². The zero-order chi connectivity index (χ0) is 18.0. The fourth-order valence-electron chi connectivity index (χ4n) is 2.54. The van der Waals surface area contributed by atoms with Crippen LogP contribution in [0.5, 0.6) is 0 Å². The van der Waals surface area contributed by atoms with Gasteiger partial charge in [-0.1, -0.05) is 6.07 Å². The summed E-state index contributed by atoms with van der Waals surface area (Å²) in [6.07, 6.45) is 0. The Morgan fingerprint density at radius 3 is 2.76 bits per heavy atom. The van der Waals surface area contributed by atoms with Crippen LogP contribution in [-0.2, 0) is 4.74 Å². The molecule has 0 atom stereocenters. The van der Waals surface area contributed by atoms with E-state index in [2.05, 4.69) is 5.32 Å². The molecule has 5 nitrogen and oxygen atoms in total. The van der Waals surface area contributed by atoms with Crippen LogP contribution >= 0.6 is 0 Å². The summed E-state index contributed by atoms with van der Waals surface area (Å²) in [6.45, 7) is 3.68. The molecule has 0 spiro atoms. The molecule has 25 heavy (non-hydrogen) atoms. The minimum absolute atomic E-state index is 0.0992. The SMILES string of the molecule is CCOC(=O)c1cccc(NC(=O)c2oc3ccc(F)cc3c2C)c1. The molecule has 3 rings (SSSR count). The third-order valence-corrected chi connectivity index (χ3v) is 3.74. The lowest BCUT2D eigenvalue weighted by atomic mass is 10.1. The number of rotatable bonds is 4. The van der Waals surface area contributed by atoms with Gasteiger partial charge in [0.1, 0.15) is 11.4 Å². The number of carbonyl (C=O) groups is 2. The van der Waals surface area contributed by atoms with Crippen LogP contribution in [0.4, 0.5) is 10.1 Å². The molecule has 128 valence electrons. The first kappa shape index (κ1) is 16.7. The Labute approximate surface area is 143 Å². The number of hydrogen-bond donors (Lipinski definition) is 1. The minimum atomic E-state index is -0.477. The monoisotopic (exact) mass is 341 g/mol. The quantitative estimate of drug-likeness (QED) is 0.718. The number of hydrogen-bond acceptors (Lipinski definition) is 4. The summed E-state index contributed by atoms with van der Waals surface area (Å²) >= 11 is 0. The molecule has 6 heteroatoms. The van der Waals surface area contributed by atoms with Gasteiger partial charge in [0.05, 0.1) is 12.2 Å². The number of ether oxygens (including phenoxy) is 1. The molecule has 0 bridgehead atoms. The Morgan fingerprint density at radius 1 is 1.20 bits per heavy atom. The molecule has 0 aliphatic rings. The predicted molar refractivity (Wildman–Crippen MR) is 91.3 cm³/mol. The standard InChI is InChI=1S/C19H16FNO4/c1-3-24-19(23)12-5-4-6-14(9-12)21-18(22)17-11(2)15-10-13(20)7-8-16(15)25-17/h4-10H,3H2,1-2H3,(H,21,22). The van der Waals surface area contributed by atoms with Crippen molar-refractivity contribution in [1.82, 2.24) is 0 Å². The van der Waals surface area contributed by atoms with Crippen molar-refractivity contribution in [2.75, 3.05) is 11.9 Å². The van der Waals surface area contributed by atoms with Crippen LogP contribution in [0.3, 0.4) is 0 Å². The molecule has 0 unspecified atom stereocenters. The van der Waals surface area contributed by atoms with Crippen LogP contribution in [0, 0.1) is 12.7 Å². The summed E-state index contributed by atoms with van der Waals surface area (Å²) in [5.74, 6) is -1.24. The van der Waals surface area contributed by atoms with E-state index in [1.807, 2.05) is 0 Å². The van der Waals surface area contributed by atoms with Gasteiger partial charge in [0.15, 0.2) is 5.76 Å². The fourth-order valence-corrected chi connectivity index (χ4v) is 2.54. The van der Waals surface area contributed by atoms with E-state index < -0.39 is 17.7 Å². The molecule has 0 saturated heterocycles. The van der Waals surface area contributed by atoms with E-state index >= 15 is 0 Å². The topological polar surface area (TPSA) is 68.5 Å². The second kappa shape index (κ2) is 6.76. The Balaban J connectivity index is 1.87. The van der Waals surface area contributed by atoms with Crippen molar-refractivity contribution in [3.05, 3.63) is 65.2 Å².